The summed E-state index contributed by atoms with van der Waals surface area (Å²) in [6.07, 6.45) is 2.75. The second kappa shape index (κ2) is 5.87. The molecule has 18 heavy (non-hydrogen) atoms. The highest BCUT2D eigenvalue weighted by Crippen LogP contribution is 2.41. The fourth-order valence-electron chi connectivity index (χ4n) is 2.09. The number of methoxy groups -OCH3 is 1. The van der Waals surface area contributed by atoms with Crippen LogP contribution in [0.25, 0.3) is 0 Å². The van der Waals surface area contributed by atoms with Crippen LogP contribution in [0.3, 0.4) is 0 Å². The number of nitrogens with one attached hydrogen (secondary N) is 1. The van der Waals surface area contributed by atoms with E-state index >= 15 is 0 Å². The van der Waals surface area contributed by atoms with Crippen LogP contribution in [-0.2, 0) is 4.79 Å². The van der Waals surface area contributed by atoms with Crippen molar-refractivity contribution in [1.29, 1.82) is 0 Å². The van der Waals surface area contributed by atoms with Crippen molar-refractivity contribution in [2.75, 3.05) is 13.7 Å². The lowest BCUT2D eigenvalue weighted by Gasteiger charge is -2.19. The van der Waals surface area contributed by atoms with Crippen LogP contribution in [0, 0.1) is 5.92 Å². The van der Waals surface area contributed by atoms with E-state index in [1.54, 1.807) is 7.11 Å². The van der Waals surface area contributed by atoms with Crippen molar-refractivity contribution in [3.8, 4) is 5.75 Å². The fourth-order valence-corrected chi connectivity index (χ4v) is 2.09. The quantitative estimate of drug-likeness (QED) is 0.804. The third-order valence-electron chi connectivity index (χ3n) is 3.26. The minimum absolute atomic E-state index is 0.0326. The topological polar surface area (TPSA) is 64.3 Å². The zero-order valence-electron chi connectivity index (χ0n) is 10.7. The second-order valence-electron chi connectivity index (χ2n) is 4.69. The first-order chi connectivity index (χ1) is 8.74. The van der Waals surface area contributed by atoms with Crippen LogP contribution in [-0.4, -0.2) is 19.6 Å². The monoisotopic (exact) mass is 248 g/mol. The molecule has 0 radical (unpaired) electrons. The molecular formula is C14H20N2O2. The molecule has 98 valence electrons. The predicted octanol–water partition coefficient (Wildman–Crippen LogP) is 1.61. The average molecular weight is 248 g/mol. The number of nitrogens with two attached hydrogens (primary N) is 1. The van der Waals surface area contributed by atoms with Gasteiger partial charge in [0.05, 0.1) is 13.2 Å². The molecule has 1 aliphatic rings. The van der Waals surface area contributed by atoms with Crippen LogP contribution in [0.2, 0.25) is 0 Å². The molecule has 1 aliphatic carbocycles. The molecular weight excluding hydrogens is 228 g/mol. The van der Waals surface area contributed by atoms with E-state index in [2.05, 4.69) is 5.32 Å². The van der Waals surface area contributed by atoms with E-state index in [1.165, 1.54) is 12.8 Å². The van der Waals surface area contributed by atoms with Gasteiger partial charge in [0.1, 0.15) is 5.75 Å². The van der Waals surface area contributed by atoms with Gasteiger partial charge in [-0.05, 0) is 36.5 Å². The van der Waals surface area contributed by atoms with E-state index in [-0.39, 0.29) is 11.9 Å². The van der Waals surface area contributed by atoms with E-state index in [0.29, 0.717) is 18.9 Å². The van der Waals surface area contributed by atoms with Gasteiger partial charge in [-0.15, -0.1) is 0 Å². The molecule has 1 atom stereocenters. The van der Waals surface area contributed by atoms with Crippen LogP contribution in [0.5, 0.6) is 5.75 Å². The molecule has 0 aliphatic heterocycles. The van der Waals surface area contributed by atoms with Crippen LogP contribution >= 0.6 is 0 Å². The smallest absolute Gasteiger partial charge is 0.221 e. The second-order valence-corrected chi connectivity index (χ2v) is 4.69. The molecule has 3 N–H and O–H groups in total. The SMILES string of the molecule is COc1ccc(C(NC(=O)CCN)C2CC2)cc1. The maximum Gasteiger partial charge on any atom is 0.221 e. The summed E-state index contributed by atoms with van der Waals surface area (Å²) in [4.78, 5) is 11.7. The highest BCUT2D eigenvalue weighted by Gasteiger charge is 2.33. The van der Waals surface area contributed by atoms with E-state index in [9.17, 15) is 4.79 Å². The third-order valence-corrected chi connectivity index (χ3v) is 3.26. The van der Waals surface area contributed by atoms with Gasteiger partial charge in [-0.3, -0.25) is 4.79 Å². The largest absolute Gasteiger partial charge is 0.497 e. The van der Waals surface area contributed by atoms with E-state index in [1.807, 2.05) is 24.3 Å². The maximum absolute atomic E-state index is 11.7. The summed E-state index contributed by atoms with van der Waals surface area (Å²) in [5.74, 6) is 1.44. The molecule has 4 heteroatoms. The highest BCUT2D eigenvalue weighted by atomic mass is 16.5. The lowest BCUT2D eigenvalue weighted by atomic mass is 10.0. The Morgan fingerprint density at radius 1 is 1.44 bits per heavy atom. The Balaban J connectivity index is 2.06. The van der Waals surface area contributed by atoms with Gasteiger partial charge in [0.2, 0.25) is 5.91 Å². The van der Waals surface area contributed by atoms with Crippen molar-refractivity contribution in [3.63, 3.8) is 0 Å². The summed E-state index contributed by atoms with van der Waals surface area (Å²) >= 11 is 0. The summed E-state index contributed by atoms with van der Waals surface area (Å²) in [7, 11) is 1.65. The average Bonchev–Trinajstić information content (AvgIpc) is 3.21. The molecule has 0 bridgehead atoms. The lowest BCUT2D eigenvalue weighted by Crippen LogP contribution is -2.31. The molecule has 1 fully saturated rings. The number of carbonyl (C=O) groups excluding carboxylic acids is 1. The molecule has 0 aromatic heterocycles. The molecule has 0 spiro atoms. The van der Waals surface area contributed by atoms with Gasteiger partial charge >= 0.3 is 0 Å². The number of amides is 1. The first kappa shape index (κ1) is 12.9. The van der Waals surface area contributed by atoms with Crippen LogP contribution in [0.4, 0.5) is 0 Å². The molecule has 1 unspecified atom stereocenters. The molecule has 0 saturated heterocycles. The summed E-state index contributed by atoms with van der Waals surface area (Å²) < 4.78 is 5.14. The number of benzene rings is 1. The zero-order valence-corrected chi connectivity index (χ0v) is 10.7. The molecule has 1 aromatic rings. The number of ether oxygens (including phenoxy) is 1. The Hall–Kier alpha value is -1.55. The van der Waals surface area contributed by atoms with Gasteiger partial charge in [-0.25, -0.2) is 0 Å². The molecule has 4 nitrogen and oxygen atoms in total. The van der Waals surface area contributed by atoms with Gasteiger partial charge in [-0.1, -0.05) is 12.1 Å². The van der Waals surface area contributed by atoms with Crippen molar-refractivity contribution >= 4 is 5.91 Å². The van der Waals surface area contributed by atoms with E-state index < -0.39 is 0 Å². The minimum atomic E-state index is 0.0326. The molecule has 0 heterocycles. The Morgan fingerprint density at radius 3 is 2.61 bits per heavy atom. The van der Waals surface area contributed by atoms with Gasteiger partial charge in [0.25, 0.3) is 0 Å². The van der Waals surface area contributed by atoms with Crippen molar-refractivity contribution in [2.24, 2.45) is 11.7 Å². The fraction of sp³-hybridized carbons (Fsp3) is 0.500. The number of hydrogen-bond acceptors (Lipinski definition) is 3. The Kier molecular flexibility index (Phi) is 4.20. The van der Waals surface area contributed by atoms with Crippen LogP contribution in [0.15, 0.2) is 24.3 Å². The Bertz CT molecular complexity index is 399. The Morgan fingerprint density at radius 2 is 2.11 bits per heavy atom. The van der Waals surface area contributed by atoms with Gasteiger partial charge in [0, 0.05) is 13.0 Å². The first-order valence-corrected chi connectivity index (χ1v) is 6.38. The maximum atomic E-state index is 11.7. The molecule has 1 amide bonds. The molecule has 2 rings (SSSR count). The molecule has 1 aromatic carbocycles. The predicted molar refractivity (Wildman–Crippen MR) is 70.3 cm³/mol. The van der Waals surface area contributed by atoms with Crippen molar-refractivity contribution < 1.29 is 9.53 Å². The Labute approximate surface area is 108 Å². The lowest BCUT2D eigenvalue weighted by molar-refractivity contribution is -0.121. The van der Waals surface area contributed by atoms with Crippen molar-refractivity contribution in [2.45, 2.75) is 25.3 Å². The third kappa shape index (κ3) is 3.23. The number of hydrogen-bond donors (Lipinski definition) is 2. The van der Waals surface area contributed by atoms with Crippen molar-refractivity contribution in [1.82, 2.24) is 5.32 Å². The standard InChI is InChI=1S/C14H20N2O2/c1-18-12-6-4-11(5-7-12)14(10-2-3-10)16-13(17)8-9-15/h4-7,10,14H,2-3,8-9,15H2,1H3,(H,16,17). The van der Waals surface area contributed by atoms with Crippen LogP contribution in [0.1, 0.15) is 30.9 Å². The van der Waals surface area contributed by atoms with Gasteiger partial charge in [-0.2, -0.15) is 0 Å². The summed E-state index contributed by atoms with van der Waals surface area (Å²) in [6.45, 7) is 0.395. The number of rotatable bonds is 6. The zero-order chi connectivity index (χ0) is 13.0. The summed E-state index contributed by atoms with van der Waals surface area (Å²) in [6, 6.07) is 8.02. The highest BCUT2D eigenvalue weighted by molar-refractivity contribution is 5.76. The first-order valence-electron chi connectivity index (χ1n) is 6.38. The summed E-state index contributed by atoms with van der Waals surface area (Å²) in [5, 5.41) is 3.07. The van der Waals surface area contributed by atoms with Crippen LogP contribution < -0.4 is 15.8 Å². The van der Waals surface area contributed by atoms with Gasteiger partial charge < -0.3 is 15.8 Å². The van der Waals surface area contributed by atoms with Crippen molar-refractivity contribution in [3.05, 3.63) is 29.8 Å². The van der Waals surface area contributed by atoms with E-state index in [4.69, 9.17) is 10.5 Å². The normalized spacial score (nSPS) is 16.1. The van der Waals surface area contributed by atoms with Gasteiger partial charge in [0.15, 0.2) is 0 Å². The summed E-state index contributed by atoms with van der Waals surface area (Å²) in [5.41, 5.74) is 6.54. The van der Waals surface area contributed by atoms with E-state index in [0.717, 1.165) is 11.3 Å². The number of carbonyl (C=O) groups is 1. The minimum Gasteiger partial charge on any atom is -0.497 e. The molecule has 1 saturated carbocycles.